The lowest BCUT2D eigenvalue weighted by Crippen LogP contribution is -2.24. The molecule has 0 bridgehead atoms. The second-order valence-corrected chi connectivity index (χ2v) is 6.32. The third kappa shape index (κ3) is 4.06. The van der Waals surface area contributed by atoms with Crippen LogP contribution in [0.5, 0.6) is 0 Å². The van der Waals surface area contributed by atoms with Crippen LogP contribution >= 0.6 is 15.9 Å². The molecule has 1 amide bonds. The number of hydrogen-bond acceptors (Lipinski definition) is 3. The number of hydrogen-bond donors (Lipinski definition) is 1. The number of para-hydroxylation sites is 2. The number of nitrogens with one attached hydrogen (secondary N) is 1. The monoisotopic (exact) mass is 381 g/mol. The van der Waals surface area contributed by atoms with E-state index in [2.05, 4.69) is 31.2 Å². The fraction of sp³-hybridized carbons (Fsp3) is 0.105. The zero-order valence-electron chi connectivity index (χ0n) is 13.1. The van der Waals surface area contributed by atoms with E-state index in [1.807, 2.05) is 55.5 Å². The molecule has 0 aliphatic heterocycles. The van der Waals surface area contributed by atoms with Gasteiger partial charge in [0, 0.05) is 10.5 Å². The van der Waals surface area contributed by atoms with Crippen LogP contribution in [0.3, 0.4) is 0 Å². The molecule has 0 aliphatic carbocycles. The van der Waals surface area contributed by atoms with Crippen LogP contribution < -0.4 is 5.32 Å². The Balaban J connectivity index is 1.68. The molecule has 0 radical (unpaired) electrons. The Hall–Kier alpha value is -2.53. The van der Waals surface area contributed by atoms with Crippen LogP contribution in [0.25, 0.3) is 17.1 Å². The third-order valence-electron chi connectivity index (χ3n) is 3.58. The van der Waals surface area contributed by atoms with Crippen LogP contribution in [0, 0.1) is 0 Å². The van der Waals surface area contributed by atoms with Crippen LogP contribution in [0.1, 0.15) is 24.2 Å². The van der Waals surface area contributed by atoms with Gasteiger partial charge in [-0.2, -0.15) is 0 Å². The maximum Gasteiger partial charge on any atom is 0.244 e. The Labute approximate surface area is 148 Å². The van der Waals surface area contributed by atoms with Crippen molar-refractivity contribution in [2.45, 2.75) is 13.0 Å². The van der Waals surface area contributed by atoms with Crippen LogP contribution in [-0.4, -0.2) is 15.9 Å². The fourth-order valence-electron chi connectivity index (χ4n) is 2.33. The van der Waals surface area contributed by atoms with E-state index in [1.165, 1.54) is 6.08 Å². The van der Waals surface area contributed by atoms with Gasteiger partial charge >= 0.3 is 0 Å². The van der Waals surface area contributed by atoms with Gasteiger partial charge in [0.25, 0.3) is 0 Å². The Morgan fingerprint density at radius 2 is 1.96 bits per heavy atom. The van der Waals surface area contributed by atoms with Crippen molar-refractivity contribution in [1.82, 2.24) is 15.3 Å². The van der Waals surface area contributed by atoms with Gasteiger partial charge in [-0.15, -0.1) is 0 Å². The van der Waals surface area contributed by atoms with Crippen molar-refractivity contribution < 1.29 is 4.79 Å². The molecular weight excluding hydrogens is 366 g/mol. The molecule has 0 saturated carbocycles. The van der Waals surface area contributed by atoms with E-state index in [-0.39, 0.29) is 11.9 Å². The molecule has 1 heterocycles. The largest absolute Gasteiger partial charge is 0.346 e. The molecule has 24 heavy (non-hydrogen) atoms. The molecule has 4 nitrogen and oxygen atoms in total. The molecule has 1 unspecified atom stereocenters. The molecule has 0 aliphatic rings. The number of benzene rings is 2. The predicted molar refractivity (Wildman–Crippen MR) is 99.3 cm³/mol. The molecule has 3 rings (SSSR count). The molecule has 0 fully saturated rings. The summed E-state index contributed by atoms with van der Waals surface area (Å²) >= 11 is 3.44. The second kappa shape index (κ2) is 7.36. The second-order valence-electron chi connectivity index (χ2n) is 5.40. The Morgan fingerprint density at radius 1 is 1.17 bits per heavy atom. The first-order valence-electron chi connectivity index (χ1n) is 7.57. The molecule has 0 spiro atoms. The molecular formula is C19H16BrN3O. The lowest BCUT2D eigenvalue weighted by molar-refractivity contribution is -0.117. The van der Waals surface area contributed by atoms with Gasteiger partial charge in [0.05, 0.1) is 29.0 Å². The molecule has 0 saturated heterocycles. The first-order chi connectivity index (χ1) is 11.6. The van der Waals surface area contributed by atoms with E-state index < -0.39 is 0 Å². The number of amides is 1. The molecule has 120 valence electrons. The average molecular weight is 382 g/mol. The topological polar surface area (TPSA) is 54.9 Å². The SMILES string of the molecule is CC(NC(=O)/C=C/c1cnc2ccccc2n1)c1cccc(Br)c1. The van der Waals surface area contributed by atoms with E-state index in [9.17, 15) is 4.79 Å². The van der Waals surface area contributed by atoms with E-state index in [0.717, 1.165) is 21.1 Å². The first-order valence-corrected chi connectivity index (χ1v) is 8.37. The van der Waals surface area contributed by atoms with E-state index in [0.29, 0.717) is 5.69 Å². The Kier molecular flexibility index (Phi) is 5.01. The van der Waals surface area contributed by atoms with Crippen molar-refractivity contribution in [3.05, 3.63) is 76.5 Å². The van der Waals surface area contributed by atoms with Gasteiger partial charge in [-0.3, -0.25) is 9.78 Å². The highest BCUT2D eigenvalue weighted by Crippen LogP contribution is 2.17. The van der Waals surface area contributed by atoms with E-state index in [4.69, 9.17) is 0 Å². The van der Waals surface area contributed by atoms with Gasteiger partial charge in [0.1, 0.15) is 0 Å². The molecule has 5 heteroatoms. The normalized spacial score (nSPS) is 12.4. The van der Waals surface area contributed by atoms with Crippen LogP contribution in [-0.2, 0) is 4.79 Å². The molecule has 2 aromatic carbocycles. The van der Waals surface area contributed by atoms with E-state index >= 15 is 0 Å². The molecule has 3 aromatic rings. The standard InChI is InChI=1S/C19H16BrN3O/c1-13(14-5-4-6-15(20)11-14)22-19(24)10-9-16-12-21-17-7-2-3-8-18(17)23-16/h2-13H,1H3,(H,22,24)/b10-9+. The summed E-state index contributed by atoms with van der Waals surface area (Å²) in [5, 5.41) is 2.94. The summed E-state index contributed by atoms with van der Waals surface area (Å²) in [5.41, 5.74) is 3.33. The van der Waals surface area contributed by atoms with Crippen LogP contribution in [0.15, 0.2) is 65.3 Å². The number of carbonyl (C=O) groups is 1. The highest BCUT2D eigenvalue weighted by Gasteiger charge is 2.07. The van der Waals surface area contributed by atoms with Crippen LogP contribution in [0.4, 0.5) is 0 Å². The van der Waals surface area contributed by atoms with Gasteiger partial charge in [-0.25, -0.2) is 4.98 Å². The van der Waals surface area contributed by atoms with Gasteiger partial charge < -0.3 is 5.32 Å². The van der Waals surface area contributed by atoms with E-state index in [1.54, 1.807) is 12.3 Å². The number of halogens is 1. The van der Waals surface area contributed by atoms with Crippen molar-refractivity contribution in [3.63, 3.8) is 0 Å². The van der Waals surface area contributed by atoms with Gasteiger partial charge in [0.15, 0.2) is 0 Å². The quantitative estimate of drug-likeness (QED) is 0.686. The highest BCUT2D eigenvalue weighted by molar-refractivity contribution is 9.10. The lowest BCUT2D eigenvalue weighted by Gasteiger charge is -2.13. The number of aromatic nitrogens is 2. The van der Waals surface area contributed by atoms with Crippen molar-refractivity contribution in [1.29, 1.82) is 0 Å². The summed E-state index contributed by atoms with van der Waals surface area (Å²) in [6.45, 7) is 1.95. The van der Waals surface area contributed by atoms with Gasteiger partial charge in [-0.05, 0) is 42.8 Å². The minimum Gasteiger partial charge on any atom is -0.346 e. The van der Waals surface area contributed by atoms with Crippen molar-refractivity contribution >= 4 is 38.9 Å². The molecule has 1 aromatic heterocycles. The Bertz CT molecular complexity index is 908. The van der Waals surface area contributed by atoms with Crippen molar-refractivity contribution in [3.8, 4) is 0 Å². The summed E-state index contributed by atoms with van der Waals surface area (Å²) in [6, 6.07) is 15.4. The number of fused-ring (bicyclic) bond motifs is 1. The first kappa shape index (κ1) is 16.3. The van der Waals surface area contributed by atoms with Crippen molar-refractivity contribution in [2.24, 2.45) is 0 Å². The van der Waals surface area contributed by atoms with Crippen molar-refractivity contribution in [2.75, 3.05) is 0 Å². The van der Waals surface area contributed by atoms with Gasteiger partial charge in [0.2, 0.25) is 5.91 Å². The smallest absolute Gasteiger partial charge is 0.244 e. The summed E-state index contributed by atoms with van der Waals surface area (Å²) in [6.07, 6.45) is 4.81. The minimum absolute atomic E-state index is 0.0812. The Morgan fingerprint density at radius 3 is 2.75 bits per heavy atom. The summed E-state index contributed by atoms with van der Waals surface area (Å²) in [7, 11) is 0. The minimum atomic E-state index is -0.169. The highest BCUT2D eigenvalue weighted by atomic mass is 79.9. The maximum atomic E-state index is 12.1. The fourth-order valence-corrected chi connectivity index (χ4v) is 2.75. The summed E-state index contributed by atoms with van der Waals surface area (Å²) in [4.78, 5) is 20.9. The van der Waals surface area contributed by atoms with Crippen LogP contribution in [0.2, 0.25) is 0 Å². The third-order valence-corrected chi connectivity index (χ3v) is 4.07. The predicted octanol–water partition coefficient (Wildman–Crippen LogP) is 4.28. The zero-order valence-corrected chi connectivity index (χ0v) is 14.7. The molecule has 1 atom stereocenters. The number of carbonyl (C=O) groups excluding carboxylic acids is 1. The lowest BCUT2D eigenvalue weighted by atomic mass is 10.1. The zero-order chi connectivity index (χ0) is 16.9. The number of nitrogens with zero attached hydrogens (tertiary/aromatic N) is 2. The molecule has 1 N–H and O–H groups in total. The average Bonchev–Trinajstić information content (AvgIpc) is 2.59. The number of rotatable bonds is 4. The van der Waals surface area contributed by atoms with Gasteiger partial charge in [-0.1, -0.05) is 40.2 Å². The maximum absolute atomic E-state index is 12.1. The summed E-state index contributed by atoms with van der Waals surface area (Å²) < 4.78 is 0.989. The summed E-state index contributed by atoms with van der Waals surface area (Å²) in [5.74, 6) is -0.169.